The molecule has 2 N–H and O–H groups in total. The average Bonchev–Trinajstić information content (AvgIpc) is 2.21. The highest BCUT2D eigenvalue weighted by atomic mass is 16.8. The lowest BCUT2D eigenvalue weighted by molar-refractivity contribution is -1.24. The fraction of sp³-hybridized carbons (Fsp3) is 0.700. The number of carbonyl (C=O) groups is 1. The molecular weight excluding hydrogens is 198 g/mol. The topological polar surface area (TPSA) is 66.8 Å². The van der Waals surface area contributed by atoms with Gasteiger partial charge in [0.2, 0.25) is 0 Å². The molecule has 0 fully saturated rings. The predicted octanol–water partition coefficient (Wildman–Crippen LogP) is 1.50. The van der Waals surface area contributed by atoms with E-state index < -0.39 is 10.8 Å². The molecular formula is C10H20NO4+. The Labute approximate surface area is 90.1 Å². The molecule has 88 valence electrons. The van der Waals surface area contributed by atoms with E-state index >= 15 is 0 Å². The Bertz CT molecular complexity index is 204. The van der Waals surface area contributed by atoms with Crippen LogP contribution in [0.1, 0.15) is 26.2 Å². The third-order valence-corrected chi connectivity index (χ3v) is 1.94. The summed E-state index contributed by atoms with van der Waals surface area (Å²) in [6.45, 7) is 5.86. The van der Waals surface area contributed by atoms with Crippen molar-refractivity contribution in [1.82, 2.24) is 0 Å². The monoisotopic (exact) mass is 218 g/mol. The molecule has 0 aromatic carbocycles. The minimum absolute atomic E-state index is 0.157. The van der Waals surface area contributed by atoms with Gasteiger partial charge in [-0.05, 0) is 4.81 Å². The molecule has 0 bridgehead atoms. The first kappa shape index (κ1) is 14.1. The Hall–Kier alpha value is -0.910. The van der Waals surface area contributed by atoms with Gasteiger partial charge in [-0.25, -0.2) is 4.79 Å². The Kier molecular flexibility index (Phi) is 6.94. The van der Waals surface area contributed by atoms with Crippen molar-refractivity contribution < 1.29 is 24.8 Å². The van der Waals surface area contributed by atoms with Crippen molar-refractivity contribution in [3.63, 3.8) is 0 Å². The molecule has 15 heavy (non-hydrogen) atoms. The summed E-state index contributed by atoms with van der Waals surface area (Å²) >= 11 is 0. The third kappa shape index (κ3) is 8.11. The van der Waals surface area contributed by atoms with Crippen LogP contribution in [-0.4, -0.2) is 40.9 Å². The molecule has 0 aromatic heterocycles. The molecule has 0 amide bonds. The maximum atomic E-state index is 10.6. The van der Waals surface area contributed by atoms with Crippen LogP contribution in [0.15, 0.2) is 12.7 Å². The van der Waals surface area contributed by atoms with Crippen LogP contribution < -0.4 is 0 Å². The van der Waals surface area contributed by atoms with E-state index in [1.807, 2.05) is 6.92 Å². The number of esters is 1. The normalized spacial score (nSPS) is 11.1. The summed E-state index contributed by atoms with van der Waals surface area (Å²) < 4.78 is 4.70. The maximum absolute atomic E-state index is 10.6. The summed E-state index contributed by atoms with van der Waals surface area (Å²) in [5.41, 5.74) is 0. The van der Waals surface area contributed by atoms with E-state index in [2.05, 4.69) is 6.58 Å². The first-order valence-corrected chi connectivity index (χ1v) is 5.13. The molecule has 0 spiro atoms. The van der Waals surface area contributed by atoms with E-state index in [1.54, 1.807) is 0 Å². The molecule has 5 heteroatoms. The van der Waals surface area contributed by atoms with Gasteiger partial charge in [-0.3, -0.25) is 0 Å². The standard InChI is InChI=1S/C10H20NO4/c1-3-5-7-11(13,14)8-6-9-15-10(12)4-2/h4,13-14H,2-3,5-9H2,1H3/q+1. The van der Waals surface area contributed by atoms with Crippen LogP contribution in [0.4, 0.5) is 0 Å². The van der Waals surface area contributed by atoms with Crippen LogP contribution in [0.5, 0.6) is 0 Å². The summed E-state index contributed by atoms with van der Waals surface area (Å²) in [6, 6.07) is 0. The lowest BCUT2D eigenvalue weighted by atomic mass is 10.3. The summed E-state index contributed by atoms with van der Waals surface area (Å²) in [6.07, 6.45) is 3.15. The number of hydroxylamine groups is 4. The fourth-order valence-corrected chi connectivity index (χ4v) is 1.07. The van der Waals surface area contributed by atoms with Crippen molar-refractivity contribution in [2.75, 3.05) is 19.7 Å². The van der Waals surface area contributed by atoms with Gasteiger partial charge in [-0.1, -0.05) is 19.9 Å². The molecule has 5 nitrogen and oxygen atoms in total. The SMILES string of the molecule is C=CC(=O)OCCC[N+](O)(O)CCCC. The molecule has 0 heterocycles. The number of nitrogens with zero attached hydrogens (tertiary/aromatic N) is 1. The quantitative estimate of drug-likeness (QED) is 0.213. The Morgan fingerprint density at radius 2 is 2.00 bits per heavy atom. The van der Waals surface area contributed by atoms with Gasteiger partial charge in [0.1, 0.15) is 13.1 Å². The zero-order valence-corrected chi connectivity index (χ0v) is 9.19. The summed E-state index contributed by atoms with van der Waals surface area (Å²) in [5.74, 6) is -0.488. The second-order valence-electron chi connectivity index (χ2n) is 3.40. The van der Waals surface area contributed by atoms with E-state index in [9.17, 15) is 15.2 Å². The minimum Gasteiger partial charge on any atom is -0.462 e. The number of hydrogen-bond donors (Lipinski definition) is 2. The smallest absolute Gasteiger partial charge is 0.330 e. The lowest BCUT2D eigenvalue weighted by Crippen LogP contribution is -2.43. The lowest BCUT2D eigenvalue weighted by Gasteiger charge is -2.20. The molecule has 0 aliphatic carbocycles. The largest absolute Gasteiger partial charge is 0.462 e. The number of hydrogen-bond acceptors (Lipinski definition) is 4. The second-order valence-corrected chi connectivity index (χ2v) is 3.40. The zero-order valence-electron chi connectivity index (χ0n) is 9.19. The summed E-state index contributed by atoms with van der Waals surface area (Å²) in [4.78, 5) is 9.64. The highest BCUT2D eigenvalue weighted by Gasteiger charge is 2.21. The predicted molar refractivity (Wildman–Crippen MR) is 54.2 cm³/mol. The van der Waals surface area contributed by atoms with E-state index in [-0.39, 0.29) is 13.2 Å². The molecule has 0 saturated carbocycles. The molecule has 0 unspecified atom stereocenters. The van der Waals surface area contributed by atoms with Crippen molar-refractivity contribution in [1.29, 1.82) is 0 Å². The number of carbonyl (C=O) groups excluding carboxylic acids is 1. The van der Waals surface area contributed by atoms with Gasteiger partial charge in [0.15, 0.2) is 0 Å². The van der Waals surface area contributed by atoms with E-state index in [1.165, 1.54) is 0 Å². The van der Waals surface area contributed by atoms with Crippen molar-refractivity contribution in [3.8, 4) is 0 Å². The van der Waals surface area contributed by atoms with Crippen LogP contribution in [0, 0.1) is 0 Å². The minimum atomic E-state index is -1.00. The summed E-state index contributed by atoms with van der Waals surface area (Å²) in [7, 11) is 0. The van der Waals surface area contributed by atoms with Gasteiger partial charge >= 0.3 is 5.97 Å². The zero-order chi connectivity index (χ0) is 11.7. The van der Waals surface area contributed by atoms with E-state index in [0.717, 1.165) is 18.9 Å². The fourth-order valence-electron chi connectivity index (χ4n) is 1.07. The summed E-state index contributed by atoms with van der Waals surface area (Å²) in [5, 5.41) is 18.8. The Morgan fingerprint density at radius 3 is 2.53 bits per heavy atom. The van der Waals surface area contributed by atoms with Crippen molar-refractivity contribution in [3.05, 3.63) is 12.7 Å². The second kappa shape index (κ2) is 7.39. The molecule has 0 atom stereocenters. The van der Waals surface area contributed by atoms with Crippen LogP contribution >= 0.6 is 0 Å². The van der Waals surface area contributed by atoms with Crippen LogP contribution in [-0.2, 0) is 9.53 Å². The molecule has 0 saturated heterocycles. The first-order valence-electron chi connectivity index (χ1n) is 5.13. The Balaban J connectivity index is 3.56. The number of rotatable bonds is 8. The van der Waals surface area contributed by atoms with Gasteiger partial charge < -0.3 is 4.74 Å². The maximum Gasteiger partial charge on any atom is 0.330 e. The van der Waals surface area contributed by atoms with E-state index in [4.69, 9.17) is 4.74 Å². The number of quaternary nitrogens is 1. The van der Waals surface area contributed by atoms with Crippen LogP contribution in [0.2, 0.25) is 0 Å². The van der Waals surface area contributed by atoms with Gasteiger partial charge in [-0.2, -0.15) is 10.4 Å². The van der Waals surface area contributed by atoms with Crippen molar-refractivity contribution in [2.45, 2.75) is 26.2 Å². The van der Waals surface area contributed by atoms with Crippen molar-refractivity contribution in [2.24, 2.45) is 0 Å². The number of unbranched alkanes of at least 4 members (excludes halogenated alkanes) is 1. The van der Waals surface area contributed by atoms with Crippen molar-refractivity contribution >= 4 is 5.97 Å². The number of ether oxygens (including phenoxy) is 1. The molecule has 0 aliphatic rings. The van der Waals surface area contributed by atoms with Crippen LogP contribution in [0.3, 0.4) is 0 Å². The molecule has 0 aromatic rings. The van der Waals surface area contributed by atoms with Gasteiger partial charge in [0.05, 0.1) is 6.61 Å². The average molecular weight is 218 g/mol. The van der Waals surface area contributed by atoms with Gasteiger partial charge in [-0.15, -0.1) is 0 Å². The highest BCUT2D eigenvalue weighted by Crippen LogP contribution is 2.02. The molecule has 0 rings (SSSR count). The first-order chi connectivity index (χ1) is 7.02. The van der Waals surface area contributed by atoms with Crippen LogP contribution in [0.25, 0.3) is 0 Å². The van der Waals surface area contributed by atoms with Gasteiger partial charge in [0, 0.05) is 18.9 Å². The van der Waals surface area contributed by atoms with E-state index in [0.29, 0.717) is 13.0 Å². The third-order valence-electron chi connectivity index (χ3n) is 1.94. The Morgan fingerprint density at radius 1 is 1.40 bits per heavy atom. The molecule has 0 radical (unpaired) electrons. The highest BCUT2D eigenvalue weighted by molar-refractivity contribution is 5.81. The van der Waals surface area contributed by atoms with Gasteiger partial charge in [0.25, 0.3) is 0 Å². The molecule has 0 aliphatic heterocycles.